The quantitative estimate of drug-likeness (QED) is 0.624. The Morgan fingerprint density at radius 3 is 2.87 bits per heavy atom. The average molecular weight is 444 g/mol. The number of piperidine rings is 1. The second kappa shape index (κ2) is 8.83. The highest BCUT2D eigenvalue weighted by atomic mass is 32.2. The zero-order valence-corrected chi connectivity index (χ0v) is 18.5. The van der Waals surface area contributed by atoms with E-state index in [0.717, 1.165) is 28.1 Å². The number of hydrogen-bond acceptors (Lipinski definition) is 5. The van der Waals surface area contributed by atoms with E-state index < -0.39 is 10.0 Å². The number of likely N-dealkylation sites (tertiary alicyclic amines) is 1. The zero-order chi connectivity index (χ0) is 21.1. The van der Waals surface area contributed by atoms with E-state index in [-0.39, 0.29) is 16.7 Å². The first kappa shape index (κ1) is 21.0. The van der Waals surface area contributed by atoms with Crippen molar-refractivity contribution in [3.05, 3.63) is 59.1 Å². The van der Waals surface area contributed by atoms with E-state index in [4.69, 9.17) is 4.98 Å². The number of sulfonamides is 1. The van der Waals surface area contributed by atoms with Crippen LogP contribution in [0.4, 0.5) is 0 Å². The number of rotatable bonds is 6. The zero-order valence-electron chi connectivity index (χ0n) is 16.9. The Kier molecular flexibility index (Phi) is 6.17. The summed E-state index contributed by atoms with van der Waals surface area (Å²) in [4.78, 5) is 19.9. The van der Waals surface area contributed by atoms with Gasteiger partial charge in [0, 0.05) is 31.1 Å². The molecule has 3 aromatic rings. The lowest BCUT2D eigenvalue weighted by Gasteiger charge is -2.32. The number of nitrogens with one attached hydrogen (secondary N) is 1. The second-order valence-corrected chi connectivity index (χ2v) is 10.4. The highest BCUT2D eigenvalue weighted by molar-refractivity contribution is 7.89. The second-order valence-electron chi connectivity index (χ2n) is 7.54. The fourth-order valence-electron chi connectivity index (χ4n) is 3.73. The fourth-order valence-corrected chi connectivity index (χ4v) is 6.00. The van der Waals surface area contributed by atoms with Crippen LogP contribution in [-0.4, -0.2) is 43.8 Å². The lowest BCUT2D eigenvalue weighted by molar-refractivity contribution is 0.0707. The van der Waals surface area contributed by atoms with Crippen molar-refractivity contribution < 1.29 is 13.2 Å². The highest BCUT2D eigenvalue weighted by Crippen LogP contribution is 2.33. The Bertz CT molecular complexity index is 1120. The number of thiazole rings is 1. The first-order valence-electron chi connectivity index (χ1n) is 10.2. The van der Waals surface area contributed by atoms with Crippen LogP contribution in [0.1, 0.15) is 47.5 Å². The number of nitrogens with zero attached hydrogens (tertiary/aromatic N) is 2. The standard InChI is InChI=1S/C22H25N3O3S2/c1-2-12-23-30(27,28)18-9-5-7-16(14-18)22(26)25-13-6-8-17(15-25)21-24-19-10-3-4-11-20(19)29-21/h3-5,7,9-11,14,17,23H,2,6,8,12-13,15H2,1H3/t17-/m1/s1. The third-order valence-corrected chi connectivity index (χ3v) is 7.96. The van der Waals surface area contributed by atoms with E-state index in [9.17, 15) is 13.2 Å². The van der Waals surface area contributed by atoms with E-state index in [1.165, 1.54) is 12.1 Å². The topological polar surface area (TPSA) is 79.4 Å². The lowest BCUT2D eigenvalue weighted by Crippen LogP contribution is -2.39. The number of benzene rings is 2. The van der Waals surface area contributed by atoms with Crippen LogP contribution in [0.25, 0.3) is 10.2 Å². The number of hydrogen-bond donors (Lipinski definition) is 1. The summed E-state index contributed by atoms with van der Waals surface area (Å²) in [5, 5.41) is 1.06. The summed E-state index contributed by atoms with van der Waals surface area (Å²) in [7, 11) is -3.61. The maximum atomic E-state index is 13.1. The molecule has 1 aliphatic rings. The van der Waals surface area contributed by atoms with Crippen LogP contribution < -0.4 is 4.72 Å². The molecule has 8 heteroatoms. The van der Waals surface area contributed by atoms with Gasteiger partial charge < -0.3 is 4.90 Å². The molecule has 0 radical (unpaired) electrons. The van der Waals surface area contributed by atoms with Crippen LogP contribution in [-0.2, 0) is 10.0 Å². The molecule has 30 heavy (non-hydrogen) atoms. The van der Waals surface area contributed by atoms with Gasteiger partial charge in [-0.15, -0.1) is 11.3 Å². The van der Waals surface area contributed by atoms with Crippen LogP contribution in [0, 0.1) is 0 Å². The third-order valence-electron chi connectivity index (χ3n) is 5.30. The Morgan fingerprint density at radius 1 is 1.23 bits per heavy atom. The van der Waals surface area contributed by atoms with Crippen molar-refractivity contribution in [3.63, 3.8) is 0 Å². The van der Waals surface area contributed by atoms with E-state index in [0.29, 0.717) is 31.6 Å². The third kappa shape index (κ3) is 4.40. The molecule has 1 fully saturated rings. The SMILES string of the molecule is CCCNS(=O)(=O)c1cccc(C(=O)N2CCC[C@@H](c3nc4ccccc4s3)C2)c1. The normalized spacial score (nSPS) is 17.4. The van der Waals surface area contributed by atoms with Gasteiger partial charge in [0.25, 0.3) is 5.91 Å². The van der Waals surface area contributed by atoms with E-state index in [1.807, 2.05) is 30.0 Å². The summed E-state index contributed by atoms with van der Waals surface area (Å²) >= 11 is 1.69. The number of carbonyl (C=O) groups excluding carboxylic acids is 1. The summed E-state index contributed by atoms with van der Waals surface area (Å²) in [5.74, 6) is 0.0755. The number of aromatic nitrogens is 1. The van der Waals surface area contributed by atoms with Gasteiger partial charge in [0.05, 0.1) is 20.1 Å². The van der Waals surface area contributed by atoms with Crippen molar-refractivity contribution >= 4 is 37.5 Å². The van der Waals surface area contributed by atoms with Crippen LogP contribution in [0.15, 0.2) is 53.4 Å². The van der Waals surface area contributed by atoms with Crippen molar-refractivity contribution in [2.75, 3.05) is 19.6 Å². The Morgan fingerprint density at radius 2 is 2.07 bits per heavy atom. The molecular formula is C22H25N3O3S2. The molecule has 0 unspecified atom stereocenters. The van der Waals surface area contributed by atoms with Crippen LogP contribution >= 0.6 is 11.3 Å². The molecule has 4 rings (SSSR count). The molecular weight excluding hydrogens is 418 g/mol. The minimum absolute atomic E-state index is 0.126. The fraction of sp³-hybridized carbons (Fsp3) is 0.364. The minimum atomic E-state index is -3.61. The lowest BCUT2D eigenvalue weighted by atomic mass is 9.98. The van der Waals surface area contributed by atoms with Gasteiger partial charge >= 0.3 is 0 Å². The van der Waals surface area contributed by atoms with Crippen LogP contribution in [0.2, 0.25) is 0 Å². The maximum Gasteiger partial charge on any atom is 0.253 e. The molecule has 0 spiro atoms. The first-order valence-corrected chi connectivity index (χ1v) is 12.5. The first-order chi connectivity index (χ1) is 14.5. The molecule has 1 N–H and O–H groups in total. The van der Waals surface area contributed by atoms with Gasteiger partial charge in [-0.25, -0.2) is 18.1 Å². The summed E-state index contributed by atoms with van der Waals surface area (Å²) in [6.07, 6.45) is 2.61. The molecule has 2 heterocycles. The van der Waals surface area contributed by atoms with Crippen molar-refractivity contribution in [2.45, 2.75) is 37.0 Å². The smallest absolute Gasteiger partial charge is 0.253 e. The van der Waals surface area contributed by atoms with Gasteiger partial charge in [0.2, 0.25) is 10.0 Å². The van der Waals surface area contributed by atoms with Crippen LogP contribution in [0.5, 0.6) is 0 Å². The van der Waals surface area contributed by atoms with Crippen molar-refractivity contribution in [1.82, 2.24) is 14.6 Å². The molecule has 1 aliphatic heterocycles. The maximum absolute atomic E-state index is 13.1. The summed E-state index contributed by atoms with van der Waals surface area (Å²) in [6, 6.07) is 14.4. The molecule has 0 saturated carbocycles. The average Bonchev–Trinajstić information content (AvgIpc) is 3.22. The molecule has 1 amide bonds. The number of fused-ring (bicyclic) bond motifs is 1. The van der Waals surface area contributed by atoms with Gasteiger partial charge in [-0.1, -0.05) is 25.1 Å². The Hall–Kier alpha value is -2.29. The van der Waals surface area contributed by atoms with Crippen LogP contribution in [0.3, 0.4) is 0 Å². The number of amides is 1. The highest BCUT2D eigenvalue weighted by Gasteiger charge is 2.28. The molecule has 1 saturated heterocycles. The molecule has 1 atom stereocenters. The molecule has 0 bridgehead atoms. The van der Waals surface area contributed by atoms with Gasteiger partial charge in [0.1, 0.15) is 0 Å². The van der Waals surface area contributed by atoms with E-state index >= 15 is 0 Å². The van der Waals surface area contributed by atoms with Gasteiger partial charge in [-0.05, 0) is 49.6 Å². The number of para-hydroxylation sites is 1. The van der Waals surface area contributed by atoms with Gasteiger partial charge in [-0.3, -0.25) is 4.79 Å². The van der Waals surface area contributed by atoms with E-state index in [1.54, 1.807) is 23.5 Å². The molecule has 1 aromatic heterocycles. The predicted octanol–water partition coefficient (Wildman–Crippen LogP) is 4.00. The molecule has 6 nitrogen and oxygen atoms in total. The molecule has 158 valence electrons. The predicted molar refractivity (Wildman–Crippen MR) is 119 cm³/mol. The van der Waals surface area contributed by atoms with Gasteiger partial charge in [-0.2, -0.15) is 0 Å². The van der Waals surface area contributed by atoms with Crippen molar-refractivity contribution in [2.24, 2.45) is 0 Å². The molecule has 2 aromatic carbocycles. The summed E-state index contributed by atoms with van der Waals surface area (Å²) < 4.78 is 28.6. The summed E-state index contributed by atoms with van der Waals surface area (Å²) in [5.41, 5.74) is 1.40. The van der Waals surface area contributed by atoms with E-state index in [2.05, 4.69) is 10.8 Å². The van der Waals surface area contributed by atoms with Crippen molar-refractivity contribution in [3.8, 4) is 0 Å². The van der Waals surface area contributed by atoms with Crippen molar-refractivity contribution in [1.29, 1.82) is 0 Å². The monoisotopic (exact) mass is 443 g/mol. The largest absolute Gasteiger partial charge is 0.338 e. The minimum Gasteiger partial charge on any atom is -0.338 e. The Balaban J connectivity index is 1.52. The number of carbonyl (C=O) groups is 1. The van der Waals surface area contributed by atoms with Gasteiger partial charge in [0.15, 0.2) is 0 Å². The Labute approximate surface area is 181 Å². The molecule has 0 aliphatic carbocycles. The summed E-state index contributed by atoms with van der Waals surface area (Å²) in [6.45, 7) is 3.55.